The first-order valence-electron chi connectivity index (χ1n) is 7.52. The third-order valence-corrected chi connectivity index (χ3v) is 4.04. The molecule has 112 valence electrons. The number of nitrogens with one attached hydrogen (secondary N) is 1. The predicted molar refractivity (Wildman–Crippen MR) is 78.1 cm³/mol. The van der Waals surface area contributed by atoms with Gasteiger partial charge < -0.3 is 9.64 Å². The van der Waals surface area contributed by atoms with E-state index in [0.717, 1.165) is 38.9 Å². The zero-order valence-corrected chi connectivity index (χ0v) is 13.2. The minimum absolute atomic E-state index is 0.100. The maximum Gasteiger partial charge on any atom is 0.326 e. The van der Waals surface area contributed by atoms with Gasteiger partial charge in [-0.05, 0) is 32.1 Å². The average Bonchev–Trinajstić information content (AvgIpc) is 2.39. The van der Waals surface area contributed by atoms with E-state index in [1.807, 2.05) is 0 Å². The Kier molecular flexibility index (Phi) is 6.27. The van der Waals surface area contributed by atoms with Crippen molar-refractivity contribution >= 4 is 5.97 Å². The van der Waals surface area contributed by atoms with Crippen molar-refractivity contribution in [3.05, 3.63) is 0 Å². The number of hydrogen-bond acceptors (Lipinski definition) is 4. The molecule has 1 aliphatic heterocycles. The van der Waals surface area contributed by atoms with E-state index >= 15 is 0 Å². The van der Waals surface area contributed by atoms with Crippen molar-refractivity contribution in [3.8, 4) is 0 Å². The van der Waals surface area contributed by atoms with Crippen LogP contribution in [0.1, 0.15) is 47.0 Å². The van der Waals surface area contributed by atoms with Crippen molar-refractivity contribution in [2.45, 2.75) is 58.5 Å². The van der Waals surface area contributed by atoms with Crippen molar-refractivity contribution in [3.63, 3.8) is 0 Å². The second kappa shape index (κ2) is 7.25. The first-order chi connectivity index (χ1) is 8.93. The number of piperidine rings is 1. The number of nitrogens with zero attached hydrogens (tertiary/aromatic N) is 1. The Labute approximate surface area is 117 Å². The lowest BCUT2D eigenvalue weighted by Gasteiger charge is -2.42. The largest absolute Gasteiger partial charge is 0.468 e. The molecule has 1 fully saturated rings. The highest BCUT2D eigenvalue weighted by Gasteiger charge is 2.42. The van der Waals surface area contributed by atoms with Crippen LogP contribution in [-0.4, -0.2) is 49.2 Å². The number of rotatable bonds is 6. The maximum absolute atomic E-state index is 12.2. The maximum atomic E-state index is 12.2. The number of esters is 1. The van der Waals surface area contributed by atoms with Crippen molar-refractivity contribution < 1.29 is 9.53 Å². The molecule has 0 aromatic rings. The Bertz CT molecular complexity index is 284. The Morgan fingerprint density at radius 3 is 2.32 bits per heavy atom. The molecule has 1 atom stereocenters. The molecule has 0 spiro atoms. The lowest BCUT2D eigenvalue weighted by atomic mass is 9.86. The monoisotopic (exact) mass is 270 g/mol. The van der Waals surface area contributed by atoms with Crippen LogP contribution in [0.5, 0.6) is 0 Å². The van der Waals surface area contributed by atoms with Gasteiger partial charge in [0.05, 0.1) is 7.11 Å². The summed E-state index contributed by atoms with van der Waals surface area (Å²) >= 11 is 0. The molecule has 1 N–H and O–H groups in total. The van der Waals surface area contributed by atoms with Crippen LogP contribution in [0, 0.1) is 5.92 Å². The van der Waals surface area contributed by atoms with E-state index in [1.54, 1.807) is 0 Å². The number of hydrogen-bond donors (Lipinski definition) is 1. The molecule has 0 aromatic carbocycles. The smallest absolute Gasteiger partial charge is 0.326 e. The van der Waals surface area contributed by atoms with Gasteiger partial charge in [0.2, 0.25) is 0 Å². The van der Waals surface area contributed by atoms with Crippen LogP contribution in [0.25, 0.3) is 0 Å². The fourth-order valence-corrected chi connectivity index (χ4v) is 2.81. The van der Waals surface area contributed by atoms with Gasteiger partial charge in [-0.15, -0.1) is 0 Å². The quantitative estimate of drug-likeness (QED) is 0.750. The molecule has 0 radical (unpaired) electrons. The van der Waals surface area contributed by atoms with E-state index in [2.05, 4.69) is 37.9 Å². The van der Waals surface area contributed by atoms with E-state index in [-0.39, 0.29) is 5.97 Å². The van der Waals surface area contributed by atoms with E-state index < -0.39 is 5.54 Å². The van der Waals surface area contributed by atoms with Gasteiger partial charge in [-0.3, -0.25) is 10.1 Å². The van der Waals surface area contributed by atoms with Gasteiger partial charge in [-0.2, -0.15) is 0 Å². The van der Waals surface area contributed by atoms with Crippen LogP contribution in [0.2, 0.25) is 0 Å². The van der Waals surface area contributed by atoms with Gasteiger partial charge >= 0.3 is 5.97 Å². The number of ether oxygens (including phenoxy) is 1. The van der Waals surface area contributed by atoms with Crippen molar-refractivity contribution in [1.29, 1.82) is 0 Å². The standard InChI is InChI=1S/C15H30N2O2/c1-6-13(4)16-15(14(18)19-5)7-9-17(10-8-15)11-12(2)3/h12-13,16H,6-11H2,1-5H3. The average molecular weight is 270 g/mol. The molecule has 1 saturated heterocycles. The van der Waals surface area contributed by atoms with Crippen molar-refractivity contribution in [2.24, 2.45) is 5.92 Å². The third kappa shape index (κ3) is 4.46. The summed E-state index contributed by atoms with van der Waals surface area (Å²) in [6.45, 7) is 11.8. The first kappa shape index (κ1) is 16.4. The van der Waals surface area contributed by atoms with Crippen LogP contribution in [0.3, 0.4) is 0 Å². The Hall–Kier alpha value is -0.610. The Balaban J connectivity index is 2.66. The van der Waals surface area contributed by atoms with E-state index in [4.69, 9.17) is 4.74 Å². The molecule has 1 unspecified atom stereocenters. The molecule has 4 heteroatoms. The summed E-state index contributed by atoms with van der Waals surface area (Å²) in [6.07, 6.45) is 2.71. The fourth-order valence-electron chi connectivity index (χ4n) is 2.81. The molecular formula is C15H30N2O2. The van der Waals surface area contributed by atoms with Gasteiger partial charge in [0.1, 0.15) is 5.54 Å². The van der Waals surface area contributed by atoms with Crippen molar-refractivity contribution in [1.82, 2.24) is 10.2 Å². The van der Waals surface area contributed by atoms with Crippen LogP contribution in [0.15, 0.2) is 0 Å². The van der Waals surface area contributed by atoms with Gasteiger partial charge in [0.25, 0.3) is 0 Å². The minimum atomic E-state index is -0.475. The van der Waals surface area contributed by atoms with Gasteiger partial charge in [0.15, 0.2) is 0 Å². The Morgan fingerprint density at radius 2 is 1.89 bits per heavy atom. The summed E-state index contributed by atoms with van der Waals surface area (Å²) in [4.78, 5) is 14.6. The third-order valence-electron chi connectivity index (χ3n) is 4.04. The van der Waals surface area contributed by atoms with Gasteiger partial charge in [-0.1, -0.05) is 20.8 Å². The van der Waals surface area contributed by atoms with Crippen molar-refractivity contribution in [2.75, 3.05) is 26.7 Å². The summed E-state index contributed by atoms with van der Waals surface area (Å²) in [6, 6.07) is 0.343. The second-order valence-electron chi connectivity index (χ2n) is 6.22. The van der Waals surface area contributed by atoms with Gasteiger partial charge in [-0.25, -0.2) is 0 Å². The summed E-state index contributed by atoms with van der Waals surface area (Å²) in [5, 5.41) is 3.51. The molecule has 19 heavy (non-hydrogen) atoms. The molecule has 0 saturated carbocycles. The molecule has 0 bridgehead atoms. The van der Waals surface area contributed by atoms with E-state index in [9.17, 15) is 4.79 Å². The highest BCUT2D eigenvalue weighted by atomic mass is 16.5. The SMILES string of the molecule is CCC(C)NC1(C(=O)OC)CCN(CC(C)C)CC1. The number of methoxy groups -OCH3 is 1. The molecule has 1 aliphatic rings. The molecule has 4 nitrogen and oxygen atoms in total. The van der Waals surface area contributed by atoms with E-state index in [1.165, 1.54) is 7.11 Å². The minimum Gasteiger partial charge on any atom is -0.468 e. The molecule has 0 amide bonds. The Morgan fingerprint density at radius 1 is 1.32 bits per heavy atom. The van der Waals surface area contributed by atoms with Crippen LogP contribution < -0.4 is 5.32 Å². The normalized spacial score (nSPS) is 21.4. The number of carbonyl (C=O) groups excluding carboxylic acids is 1. The highest BCUT2D eigenvalue weighted by Crippen LogP contribution is 2.25. The fraction of sp³-hybridized carbons (Fsp3) is 0.933. The summed E-state index contributed by atoms with van der Waals surface area (Å²) in [5.41, 5.74) is -0.475. The summed E-state index contributed by atoms with van der Waals surface area (Å²) in [5.74, 6) is 0.574. The second-order valence-corrected chi connectivity index (χ2v) is 6.22. The van der Waals surface area contributed by atoms with Gasteiger partial charge in [0, 0.05) is 25.7 Å². The lowest BCUT2D eigenvalue weighted by Crippen LogP contribution is -2.61. The highest BCUT2D eigenvalue weighted by molar-refractivity contribution is 5.81. The molecule has 1 heterocycles. The molecule has 1 rings (SSSR count). The lowest BCUT2D eigenvalue weighted by molar-refractivity contribution is -0.151. The van der Waals surface area contributed by atoms with Crippen LogP contribution in [-0.2, 0) is 9.53 Å². The number of carbonyl (C=O) groups is 1. The van der Waals surface area contributed by atoms with Crippen LogP contribution >= 0.6 is 0 Å². The predicted octanol–water partition coefficient (Wildman–Crippen LogP) is 2.04. The molecule has 0 aliphatic carbocycles. The van der Waals surface area contributed by atoms with Crippen LogP contribution in [0.4, 0.5) is 0 Å². The molecule has 0 aromatic heterocycles. The first-order valence-corrected chi connectivity index (χ1v) is 7.52. The zero-order chi connectivity index (χ0) is 14.5. The zero-order valence-electron chi connectivity index (χ0n) is 13.2. The molecular weight excluding hydrogens is 240 g/mol. The number of likely N-dealkylation sites (tertiary alicyclic amines) is 1. The van der Waals surface area contributed by atoms with E-state index in [0.29, 0.717) is 12.0 Å². The summed E-state index contributed by atoms with van der Waals surface area (Å²) in [7, 11) is 1.49. The topological polar surface area (TPSA) is 41.6 Å². The summed E-state index contributed by atoms with van der Waals surface area (Å²) < 4.78 is 5.03.